The van der Waals surface area contributed by atoms with Crippen molar-refractivity contribution < 1.29 is 18.3 Å². The molecule has 1 atom stereocenters. The Kier molecular flexibility index (Phi) is 3.96. The lowest BCUT2D eigenvalue weighted by Crippen LogP contribution is -2.54. The Morgan fingerprint density at radius 1 is 1.47 bits per heavy atom. The normalized spacial score (nSPS) is 25.4. The molecule has 0 spiro atoms. The zero-order chi connectivity index (χ0) is 13.3. The van der Waals surface area contributed by atoms with Crippen LogP contribution in [0.15, 0.2) is 0 Å². The molecule has 1 aliphatic heterocycles. The molecule has 0 aromatic heterocycles. The number of nitrogens with one attached hydrogen (secondary N) is 1. The quantitative estimate of drug-likeness (QED) is 0.772. The molecule has 1 amide bonds. The third kappa shape index (κ3) is 5.30. The first kappa shape index (κ1) is 14.2. The number of nitrogens with zero attached hydrogens (tertiary/aromatic N) is 1. The molecule has 0 bridgehead atoms. The second kappa shape index (κ2) is 4.76. The van der Waals surface area contributed by atoms with E-state index in [1.54, 1.807) is 27.8 Å². The Hall–Kier alpha value is -0.910. The van der Waals surface area contributed by atoms with Gasteiger partial charge in [0.15, 0.2) is 0 Å². The minimum atomic E-state index is -2.76. The molecular formula is C11H20F2N2O2. The maximum absolute atomic E-state index is 13.3. The van der Waals surface area contributed by atoms with Gasteiger partial charge in [0.25, 0.3) is 5.92 Å². The number of halogens is 2. The molecule has 0 saturated carbocycles. The van der Waals surface area contributed by atoms with E-state index in [0.29, 0.717) is 6.54 Å². The Bertz CT molecular complexity index is 290. The van der Waals surface area contributed by atoms with Crippen LogP contribution in [0.2, 0.25) is 0 Å². The van der Waals surface area contributed by atoms with Crippen molar-refractivity contribution in [3.63, 3.8) is 0 Å². The summed E-state index contributed by atoms with van der Waals surface area (Å²) in [6.07, 6.45) is -0.982. The molecule has 0 aromatic carbocycles. The van der Waals surface area contributed by atoms with Gasteiger partial charge in [0.1, 0.15) is 5.60 Å². The summed E-state index contributed by atoms with van der Waals surface area (Å²) >= 11 is 0. The van der Waals surface area contributed by atoms with Gasteiger partial charge in [0.2, 0.25) is 0 Å². The molecule has 100 valence electrons. The predicted octanol–water partition coefficient (Wildman–Crippen LogP) is 1.85. The number of ether oxygens (including phenoxy) is 1. The molecule has 1 unspecified atom stereocenters. The van der Waals surface area contributed by atoms with Crippen molar-refractivity contribution in [3.05, 3.63) is 0 Å². The number of carbonyl (C=O) groups excluding carboxylic acids is 1. The van der Waals surface area contributed by atoms with Gasteiger partial charge >= 0.3 is 6.09 Å². The number of likely N-dealkylation sites (tertiary alicyclic amines) is 1. The lowest BCUT2D eigenvalue weighted by atomic mass is 10.0. The van der Waals surface area contributed by atoms with Crippen molar-refractivity contribution in [1.29, 1.82) is 0 Å². The largest absolute Gasteiger partial charge is 0.444 e. The Labute approximate surface area is 100 Å². The van der Waals surface area contributed by atoms with E-state index in [9.17, 15) is 13.6 Å². The Balaban J connectivity index is 2.49. The predicted molar refractivity (Wildman–Crippen MR) is 60.2 cm³/mol. The number of carbonyl (C=O) groups is 1. The number of amides is 1. The van der Waals surface area contributed by atoms with Gasteiger partial charge in [-0.15, -0.1) is 0 Å². The van der Waals surface area contributed by atoms with E-state index in [4.69, 9.17) is 4.74 Å². The van der Waals surface area contributed by atoms with Crippen molar-refractivity contribution >= 4 is 6.09 Å². The van der Waals surface area contributed by atoms with Crippen LogP contribution in [0.25, 0.3) is 0 Å². The Morgan fingerprint density at radius 2 is 2.06 bits per heavy atom. The summed E-state index contributed by atoms with van der Waals surface area (Å²) in [7, 11) is 1.61. The van der Waals surface area contributed by atoms with E-state index in [2.05, 4.69) is 5.32 Å². The fraction of sp³-hybridized carbons (Fsp3) is 0.909. The molecule has 0 aromatic rings. The fourth-order valence-electron chi connectivity index (χ4n) is 1.90. The molecule has 1 N–H and O–H groups in total. The maximum atomic E-state index is 13.3. The number of rotatable bonds is 1. The molecule has 1 rings (SSSR count). The van der Waals surface area contributed by atoms with Crippen molar-refractivity contribution in [2.45, 2.75) is 44.8 Å². The molecule has 1 aliphatic rings. The highest BCUT2D eigenvalue weighted by atomic mass is 19.3. The highest BCUT2D eigenvalue weighted by Crippen LogP contribution is 2.26. The van der Waals surface area contributed by atoms with Gasteiger partial charge in [-0.2, -0.15) is 0 Å². The second-order valence-electron chi connectivity index (χ2n) is 5.60. The summed E-state index contributed by atoms with van der Waals surface area (Å²) in [5.41, 5.74) is -0.618. The molecule has 0 aliphatic carbocycles. The first-order valence-electron chi connectivity index (χ1n) is 5.63. The first-order valence-corrected chi connectivity index (χ1v) is 5.63. The average molecular weight is 250 g/mol. The van der Waals surface area contributed by atoms with Crippen molar-refractivity contribution in [2.24, 2.45) is 0 Å². The molecule has 1 saturated heterocycles. The van der Waals surface area contributed by atoms with Crippen LogP contribution in [-0.4, -0.2) is 48.7 Å². The van der Waals surface area contributed by atoms with Gasteiger partial charge < -0.3 is 10.1 Å². The number of hydrogen-bond donors (Lipinski definition) is 1. The monoisotopic (exact) mass is 250 g/mol. The zero-order valence-electron chi connectivity index (χ0n) is 10.7. The number of alkyl carbamates (subject to hydrolysis) is 1. The number of hydrogen-bond acceptors (Lipinski definition) is 3. The molecule has 17 heavy (non-hydrogen) atoms. The third-order valence-electron chi connectivity index (χ3n) is 2.30. The molecule has 0 radical (unpaired) electrons. The SMILES string of the molecule is CN1CC(NC(=O)OC(C)(C)C)CC(F)(F)C1. The van der Waals surface area contributed by atoms with E-state index in [0.717, 1.165) is 0 Å². The van der Waals surface area contributed by atoms with E-state index in [-0.39, 0.29) is 13.0 Å². The molecule has 6 heteroatoms. The lowest BCUT2D eigenvalue weighted by molar-refractivity contribution is -0.0685. The van der Waals surface area contributed by atoms with Gasteiger partial charge in [-0.3, -0.25) is 4.90 Å². The summed E-state index contributed by atoms with van der Waals surface area (Å²) < 4.78 is 31.5. The van der Waals surface area contributed by atoms with Gasteiger partial charge in [-0.05, 0) is 27.8 Å². The van der Waals surface area contributed by atoms with Gasteiger partial charge in [0.05, 0.1) is 12.6 Å². The van der Waals surface area contributed by atoms with Crippen LogP contribution in [0, 0.1) is 0 Å². The fourth-order valence-corrected chi connectivity index (χ4v) is 1.90. The van der Waals surface area contributed by atoms with E-state index in [1.807, 2.05) is 0 Å². The maximum Gasteiger partial charge on any atom is 0.407 e. The number of alkyl halides is 2. The van der Waals surface area contributed by atoms with Crippen LogP contribution in [0.5, 0.6) is 0 Å². The summed E-state index contributed by atoms with van der Waals surface area (Å²) in [6, 6.07) is -0.571. The molecule has 4 nitrogen and oxygen atoms in total. The Morgan fingerprint density at radius 3 is 2.53 bits per heavy atom. The van der Waals surface area contributed by atoms with Crippen molar-refractivity contribution in [3.8, 4) is 0 Å². The highest BCUT2D eigenvalue weighted by molar-refractivity contribution is 5.68. The van der Waals surface area contributed by atoms with Crippen LogP contribution in [0.4, 0.5) is 13.6 Å². The van der Waals surface area contributed by atoms with E-state index < -0.39 is 23.7 Å². The van der Waals surface area contributed by atoms with Crippen LogP contribution in [-0.2, 0) is 4.74 Å². The number of piperidine rings is 1. The first-order chi connectivity index (χ1) is 7.57. The van der Waals surface area contributed by atoms with Crippen LogP contribution in [0.3, 0.4) is 0 Å². The average Bonchev–Trinajstić information content (AvgIpc) is 1.93. The van der Waals surface area contributed by atoms with E-state index >= 15 is 0 Å². The molecular weight excluding hydrogens is 230 g/mol. The summed E-state index contributed by atoms with van der Waals surface area (Å²) in [5, 5.41) is 2.48. The van der Waals surface area contributed by atoms with Crippen molar-refractivity contribution in [2.75, 3.05) is 20.1 Å². The minimum Gasteiger partial charge on any atom is -0.444 e. The van der Waals surface area contributed by atoms with Gasteiger partial charge in [-0.25, -0.2) is 13.6 Å². The van der Waals surface area contributed by atoms with Crippen LogP contribution >= 0.6 is 0 Å². The topological polar surface area (TPSA) is 41.6 Å². The minimum absolute atomic E-state index is 0.264. The summed E-state index contributed by atoms with van der Waals surface area (Å²) in [6.45, 7) is 5.34. The third-order valence-corrected chi connectivity index (χ3v) is 2.30. The summed E-state index contributed by atoms with van der Waals surface area (Å²) in [5.74, 6) is -2.76. The molecule has 1 fully saturated rings. The van der Waals surface area contributed by atoms with Crippen LogP contribution in [0.1, 0.15) is 27.2 Å². The van der Waals surface area contributed by atoms with Gasteiger partial charge in [-0.1, -0.05) is 0 Å². The smallest absolute Gasteiger partial charge is 0.407 e. The highest BCUT2D eigenvalue weighted by Gasteiger charge is 2.39. The van der Waals surface area contributed by atoms with Crippen LogP contribution < -0.4 is 5.32 Å². The standard InChI is InChI=1S/C11H20F2N2O2/c1-10(2,3)17-9(16)14-8-5-11(12,13)7-15(4)6-8/h8H,5-7H2,1-4H3,(H,14,16). The lowest BCUT2D eigenvalue weighted by Gasteiger charge is -2.35. The van der Waals surface area contributed by atoms with E-state index in [1.165, 1.54) is 4.90 Å². The molecule has 1 heterocycles. The van der Waals surface area contributed by atoms with Gasteiger partial charge in [0, 0.05) is 13.0 Å². The number of likely N-dealkylation sites (N-methyl/N-ethyl adjacent to an activating group) is 1. The zero-order valence-corrected chi connectivity index (χ0v) is 10.7. The van der Waals surface area contributed by atoms with Crippen molar-refractivity contribution in [1.82, 2.24) is 10.2 Å². The summed E-state index contributed by atoms with van der Waals surface area (Å²) in [4.78, 5) is 13.0. The second-order valence-corrected chi connectivity index (χ2v) is 5.60.